The van der Waals surface area contributed by atoms with E-state index in [0.717, 1.165) is 25.5 Å². The average Bonchev–Trinajstić information content (AvgIpc) is 2.45. The van der Waals surface area contributed by atoms with Gasteiger partial charge in [0.15, 0.2) is 5.70 Å². The van der Waals surface area contributed by atoms with Crippen LogP contribution in [0.15, 0.2) is 12.0 Å². The Morgan fingerprint density at radius 3 is 2.30 bits per heavy atom. The standard InChI is InChI=1S/C14H25NO5/c1-4-5-6-7-8-9-10-20-14(17)15-12(11-18-2)13(16)19-3/h11H,4-10H2,1-3H3,(H,15,17). The summed E-state index contributed by atoms with van der Waals surface area (Å²) < 4.78 is 14.1. The molecule has 0 aliphatic heterocycles. The molecule has 0 fully saturated rings. The summed E-state index contributed by atoms with van der Waals surface area (Å²) in [7, 11) is 2.58. The van der Waals surface area contributed by atoms with E-state index in [9.17, 15) is 9.59 Å². The number of carbonyl (C=O) groups is 2. The summed E-state index contributed by atoms with van der Waals surface area (Å²) in [6, 6.07) is 0. The monoisotopic (exact) mass is 287 g/mol. The Morgan fingerprint density at radius 1 is 1.05 bits per heavy atom. The van der Waals surface area contributed by atoms with Crippen molar-refractivity contribution in [1.29, 1.82) is 0 Å². The summed E-state index contributed by atoms with van der Waals surface area (Å²) in [4.78, 5) is 22.7. The molecule has 6 nitrogen and oxygen atoms in total. The maximum absolute atomic E-state index is 11.4. The Morgan fingerprint density at radius 2 is 1.70 bits per heavy atom. The third-order valence-corrected chi connectivity index (χ3v) is 2.61. The molecule has 0 aliphatic rings. The largest absolute Gasteiger partial charge is 0.502 e. The van der Waals surface area contributed by atoms with E-state index >= 15 is 0 Å². The van der Waals surface area contributed by atoms with Gasteiger partial charge in [-0.15, -0.1) is 0 Å². The first-order valence-electron chi connectivity index (χ1n) is 6.90. The molecule has 0 unspecified atom stereocenters. The molecular weight excluding hydrogens is 262 g/mol. The number of alkyl carbamates (subject to hydrolysis) is 1. The Balaban J connectivity index is 3.81. The van der Waals surface area contributed by atoms with Crippen molar-refractivity contribution in [2.24, 2.45) is 0 Å². The minimum Gasteiger partial charge on any atom is -0.502 e. The number of methoxy groups -OCH3 is 2. The van der Waals surface area contributed by atoms with Crippen LogP contribution < -0.4 is 5.32 Å². The van der Waals surface area contributed by atoms with Gasteiger partial charge in [0.2, 0.25) is 0 Å². The van der Waals surface area contributed by atoms with Gasteiger partial charge in [-0.25, -0.2) is 9.59 Å². The van der Waals surface area contributed by atoms with Crippen molar-refractivity contribution in [3.05, 3.63) is 12.0 Å². The van der Waals surface area contributed by atoms with Crippen LogP contribution in [0.25, 0.3) is 0 Å². The number of carbonyl (C=O) groups excluding carboxylic acids is 2. The second-order valence-corrected chi connectivity index (χ2v) is 4.29. The van der Waals surface area contributed by atoms with E-state index in [-0.39, 0.29) is 5.70 Å². The van der Waals surface area contributed by atoms with Gasteiger partial charge in [0, 0.05) is 0 Å². The molecule has 0 rings (SSSR count). The zero-order valence-corrected chi connectivity index (χ0v) is 12.6. The van der Waals surface area contributed by atoms with Crippen molar-refractivity contribution in [1.82, 2.24) is 5.32 Å². The van der Waals surface area contributed by atoms with Crippen LogP contribution in [0, 0.1) is 0 Å². The first-order valence-corrected chi connectivity index (χ1v) is 6.90. The van der Waals surface area contributed by atoms with Crippen LogP contribution in [0.5, 0.6) is 0 Å². The molecule has 6 heteroatoms. The lowest BCUT2D eigenvalue weighted by Gasteiger charge is -2.08. The Bertz CT molecular complexity index is 315. The van der Waals surface area contributed by atoms with Gasteiger partial charge < -0.3 is 14.2 Å². The van der Waals surface area contributed by atoms with Crippen molar-refractivity contribution < 1.29 is 23.8 Å². The van der Waals surface area contributed by atoms with Crippen LogP contribution in [0.1, 0.15) is 45.4 Å². The van der Waals surface area contributed by atoms with Crippen LogP contribution in [-0.2, 0) is 19.0 Å². The SMILES string of the molecule is CCCCCCCCOC(=O)NC(=COC)C(=O)OC. The molecular formula is C14H25NO5. The van der Waals surface area contributed by atoms with E-state index < -0.39 is 12.1 Å². The first kappa shape index (κ1) is 18.3. The van der Waals surface area contributed by atoms with Crippen molar-refractivity contribution in [3.8, 4) is 0 Å². The number of ether oxygens (including phenoxy) is 3. The molecule has 0 aromatic heterocycles. The zero-order valence-electron chi connectivity index (χ0n) is 12.6. The van der Waals surface area contributed by atoms with E-state index in [1.807, 2.05) is 0 Å². The number of unbranched alkanes of at least 4 members (excludes halogenated alkanes) is 5. The van der Waals surface area contributed by atoms with Crippen LogP contribution in [-0.4, -0.2) is 32.9 Å². The van der Waals surface area contributed by atoms with Gasteiger partial charge in [-0.2, -0.15) is 0 Å². The predicted molar refractivity (Wildman–Crippen MR) is 75.0 cm³/mol. The minimum absolute atomic E-state index is 0.0945. The molecule has 1 amide bonds. The summed E-state index contributed by atoms with van der Waals surface area (Å²) in [5, 5.41) is 2.28. The Hall–Kier alpha value is -1.72. The first-order chi connectivity index (χ1) is 9.65. The van der Waals surface area contributed by atoms with Gasteiger partial charge in [-0.1, -0.05) is 39.0 Å². The molecule has 20 heavy (non-hydrogen) atoms. The fourth-order valence-electron chi connectivity index (χ4n) is 1.55. The molecule has 0 spiro atoms. The number of amides is 1. The second-order valence-electron chi connectivity index (χ2n) is 4.29. The molecule has 116 valence electrons. The number of esters is 1. The molecule has 0 saturated heterocycles. The molecule has 0 heterocycles. The number of hydrogen-bond donors (Lipinski definition) is 1. The topological polar surface area (TPSA) is 73.9 Å². The number of hydrogen-bond acceptors (Lipinski definition) is 5. The number of nitrogens with one attached hydrogen (secondary N) is 1. The van der Waals surface area contributed by atoms with Gasteiger partial charge in [0.05, 0.1) is 20.8 Å². The van der Waals surface area contributed by atoms with Crippen molar-refractivity contribution in [3.63, 3.8) is 0 Å². The zero-order chi connectivity index (χ0) is 15.2. The fourth-order valence-corrected chi connectivity index (χ4v) is 1.55. The lowest BCUT2D eigenvalue weighted by molar-refractivity contribution is -0.136. The van der Waals surface area contributed by atoms with E-state index in [2.05, 4.69) is 21.7 Å². The average molecular weight is 287 g/mol. The fraction of sp³-hybridized carbons (Fsp3) is 0.714. The van der Waals surface area contributed by atoms with Gasteiger partial charge in [0.1, 0.15) is 6.26 Å². The van der Waals surface area contributed by atoms with Gasteiger partial charge in [0.25, 0.3) is 0 Å². The smallest absolute Gasteiger partial charge is 0.411 e. The van der Waals surface area contributed by atoms with Crippen LogP contribution in [0.3, 0.4) is 0 Å². The highest BCUT2D eigenvalue weighted by atomic mass is 16.6. The maximum Gasteiger partial charge on any atom is 0.411 e. The van der Waals surface area contributed by atoms with Crippen molar-refractivity contribution >= 4 is 12.1 Å². The molecule has 0 atom stereocenters. The summed E-state index contributed by atoms with van der Waals surface area (Å²) in [6.45, 7) is 2.50. The van der Waals surface area contributed by atoms with E-state index in [1.165, 1.54) is 33.5 Å². The van der Waals surface area contributed by atoms with Crippen molar-refractivity contribution in [2.45, 2.75) is 45.4 Å². The molecule has 1 N–H and O–H groups in total. The Kier molecular flexibility index (Phi) is 11.3. The third-order valence-electron chi connectivity index (χ3n) is 2.61. The molecule has 0 bridgehead atoms. The molecule has 0 aromatic carbocycles. The van der Waals surface area contributed by atoms with Crippen LogP contribution in [0.4, 0.5) is 4.79 Å². The quantitative estimate of drug-likeness (QED) is 0.289. The summed E-state index contributed by atoms with van der Waals surface area (Å²) in [5.41, 5.74) is -0.0945. The normalized spacial score (nSPS) is 10.8. The lowest BCUT2D eigenvalue weighted by atomic mass is 10.1. The van der Waals surface area contributed by atoms with E-state index in [4.69, 9.17) is 4.74 Å². The maximum atomic E-state index is 11.4. The van der Waals surface area contributed by atoms with Crippen molar-refractivity contribution in [2.75, 3.05) is 20.8 Å². The summed E-state index contributed by atoms with van der Waals surface area (Å²) >= 11 is 0. The Labute approximate surface area is 120 Å². The molecule has 0 saturated carbocycles. The van der Waals surface area contributed by atoms with Crippen LogP contribution >= 0.6 is 0 Å². The predicted octanol–water partition coefficient (Wildman–Crippen LogP) is 2.73. The second kappa shape index (κ2) is 12.3. The highest BCUT2D eigenvalue weighted by Crippen LogP contribution is 2.05. The van der Waals surface area contributed by atoms with Gasteiger partial charge >= 0.3 is 12.1 Å². The highest BCUT2D eigenvalue weighted by Gasteiger charge is 2.14. The molecule has 0 aliphatic carbocycles. The number of rotatable bonds is 10. The lowest BCUT2D eigenvalue weighted by Crippen LogP contribution is -2.29. The van der Waals surface area contributed by atoms with Gasteiger partial charge in [-0.3, -0.25) is 5.32 Å². The van der Waals surface area contributed by atoms with Crippen LogP contribution in [0.2, 0.25) is 0 Å². The molecule has 0 aromatic rings. The highest BCUT2D eigenvalue weighted by molar-refractivity contribution is 5.91. The third kappa shape index (κ3) is 9.24. The van der Waals surface area contributed by atoms with E-state index in [1.54, 1.807) is 0 Å². The summed E-state index contributed by atoms with van der Waals surface area (Å²) in [5.74, 6) is -0.691. The van der Waals surface area contributed by atoms with E-state index in [0.29, 0.717) is 6.61 Å². The minimum atomic E-state index is -0.691. The molecule has 0 radical (unpaired) electrons. The summed E-state index contributed by atoms with van der Waals surface area (Å²) in [6.07, 6.45) is 7.07. The van der Waals surface area contributed by atoms with Gasteiger partial charge in [-0.05, 0) is 6.42 Å².